The highest BCUT2D eigenvalue weighted by atomic mass is 16.5. The average molecular weight is 308 g/mol. The summed E-state index contributed by atoms with van der Waals surface area (Å²) < 4.78 is 6.06. The van der Waals surface area contributed by atoms with E-state index in [0.717, 1.165) is 28.9 Å². The van der Waals surface area contributed by atoms with Gasteiger partial charge in [-0.3, -0.25) is 4.79 Å². The van der Waals surface area contributed by atoms with Gasteiger partial charge in [-0.1, -0.05) is 48.5 Å². The van der Waals surface area contributed by atoms with E-state index >= 15 is 0 Å². The van der Waals surface area contributed by atoms with Crippen LogP contribution in [0.3, 0.4) is 0 Å². The van der Waals surface area contributed by atoms with Crippen molar-refractivity contribution in [1.82, 2.24) is 9.88 Å². The molecule has 3 rings (SSSR count). The summed E-state index contributed by atoms with van der Waals surface area (Å²) in [4.78, 5) is 17.4. The van der Waals surface area contributed by atoms with E-state index in [0.29, 0.717) is 12.0 Å². The minimum atomic E-state index is -0.0978. The molecule has 3 aromatic rings. The number of aromatic nitrogens is 1. The van der Waals surface area contributed by atoms with Gasteiger partial charge in [-0.25, -0.2) is 0 Å². The smallest absolute Gasteiger partial charge is 0.256 e. The van der Waals surface area contributed by atoms with Crippen LogP contribution in [0.5, 0.6) is 5.75 Å². The van der Waals surface area contributed by atoms with Crippen molar-refractivity contribution in [3.63, 3.8) is 0 Å². The molecule has 0 amide bonds. The molecule has 23 heavy (non-hydrogen) atoms. The van der Waals surface area contributed by atoms with Crippen LogP contribution in [0.25, 0.3) is 22.0 Å². The number of hydrogen-bond donors (Lipinski definition) is 1. The van der Waals surface area contributed by atoms with Gasteiger partial charge < -0.3 is 14.6 Å². The molecule has 0 aliphatic rings. The van der Waals surface area contributed by atoms with Gasteiger partial charge in [0.15, 0.2) is 5.75 Å². The van der Waals surface area contributed by atoms with Crippen LogP contribution in [0.4, 0.5) is 0 Å². The first-order valence-corrected chi connectivity index (χ1v) is 7.65. The van der Waals surface area contributed by atoms with Gasteiger partial charge in [0.1, 0.15) is 6.61 Å². The van der Waals surface area contributed by atoms with Gasteiger partial charge in [-0.2, -0.15) is 0 Å². The molecule has 0 aliphatic heterocycles. The fraction of sp³-hybridized carbons (Fsp3) is 0.211. The predicted octanol–water partition coefficient (Wildman–Crippen LogP) is 3.14. The Balaban J connectivity index is 2.15. The summed E-state index contributed by atoms with van der Waals surface area (Å²) in [7, 11) is 4.01. The molecule has 4 heteroatoms. The SMILES string of the molecule is CN(C)CCOc1c(-c2ccccc2)[nH]c(=O)c2ccccc12. The lowest BCUT2D eigenvalue weighted by Gasteiger charge is -2.16. The van der Waals surface area contributed by atoms with Crippen LogP contribution in [-0.2, 0) is 0 Å². The van der Waals surface area contributed by atoms with Crippen molar-refractivity contribution in [2.24, 2.45) is 0 Å². The molecule has 0 fully saturated rings. The predicted molar refractivity (Wildman–Crippen MR) is 94.1 cm³/mol. The van der Waals surface area contributed by atoms with Crippen molar-refractivity contribution < 1.29 is 4.74 Å². The molecular weight excluding hydrogens is 288 g/mol. The minimum absolute atomic E-state index is 0.0978. The first-order valence-electron chi connectivity index (χ1n) is 7.65. The van der Waals surface area contributed by atoms with E-state index in [2.05, 4.69) is 9.88 Å². The van der Waals surface area contributed by atoms with Crippen LogP contribution in [0, 0.1) is 0 Å². The summed E-state index contributed by atoms with van der Waals surface area (Å²) in [5, 5.41) is 1.49. The summed E-state index contributed by atoms with van der Waals surface area (Å²) in [6.45, 7) is 1.37. The van der Waals surface area contributed by atoms with Crippen molar-refractivity contribution in [3.8, 4) is 17.0 Å². The Morgan fingerprint density at radius 2 is 1.61 bits per heavy atom. The lowest BCUT2D eigenvalue weighted by molar-refractivity contribution is 0.264. The summed E-state index contributed by atoms with van der Waals surface area (Å²) >= 11 is 0. The number of likely N-dealkylation sites (N-methyl/N-ethyl adjacent to an activating group) is 1. The summed E-state index contributed by atoms with van der Waals surface area (Å²) in [6.07, 6.45) is 0. The fourth-order valence-electron chi connectivity index (χ4n) is 2.54. The largest absolute Gasteiger partial charge is 0.489 e. The molecule has 4 nitrogen and oxygen atoms in total. The molecule has 0 unspecified atom stereocenters. The maximum atomic E-state index is 12.4. The van der Waals surface area contributed by atoms with E-state index in [1.807, 2.05) is 68.7 Å². The molecule has 0 atom stereocenters. The highest BCUT2D eigenvalue weighted by Crippen LogP contribution is 2.33. The van der Waals surface area contributed by atoms with E-state index in [-0.39, 0.29) is 5.56 Å². The van der Waals surface area contributed by atoms with E-state index in [9.17, 15) is 4.79 Å². The Hall–Kier alpha value is -2.59. The summed E-state index contributed by atoms with van der Waals surface area (Å²) in [6, 6.07) is 17.3. The Bertz CT molecular complexity index is 854. The average Bonchev–Trinajstić information content (AvgIpc) is 2.57. The van der Waals surface area contributed by atoms with Gasteiger partial charge in [0.2, 0.25) is 0 Å². The monoisotopic (exact) mass is 308 g/mol. The van der Waals surface area contributed by atoms with Crippen molar-refractivity contribution in [2.45, 2.75) is 0 Å². The zero-order valence-corrected chi connectivity index (χ0v) is 13.4. The number of nitrogens with one attached hydrogen (secondary N) is 1. The fourth-order valence-corrected chi connectivity index (χ4v) is 2.54. The third-order valence-electron chi connectivity index (χ3n) is 3.73. The first-order chi connectivity index (χ1) is 11.2. The van der Waals surface area contributed by atoms with Crippen molar-refractivity contribution in [2.75, 3.05) is 27.2 Å². The zero-order chi connectivity index (χ0) is 16.2. The lowest BCUT2D eigenvalue weighted by atomic mass is 10.1. The van der Waals surface area contributed by atoms with Crippen molar-refractivity contribution in [3.05, 3.63) is 65.0 Å². The topological polar surface area (TPSA) is 45.3 Å². The molecule has 1 N–H and O–H groups in total. The normalized spacial score (nSPS) is 11.1. The van der Waals surface area contributed by atoms with Crippen LogP contribution in [0.15, 0.2) is 59.4 Å². The van der Waals surface area contributed by atoms with E-state index in [4.69, 9.17) is 4.74 Å². The molecule has 1 aromatic heterocycles. The number of pyridine rings is 1. The number of rotatable bonds is 5. The van der Waals surface area contributed by atoms with Crippen LogP contribution < -0.4 is 10.3 Å². The number of H-pyrrole nitrogens is 1. The maximum Gasteiger partial charge on any atom is 0.256 e. The van der Waals surface area contributed by atoms with Crippen LogP contribution in [0.1, 0.15) is 0 Å². The highest BCUT2D eigenvalue weighted by molar-refractivity contribution is 5.92. The first kappa shape index (κ1) is 15.3. The van der Waals surface area contributed by atoms with Crippen LogP contribution >= 0.6 is 0 Å². The highest BCUT2D eigenvalue weighted by Gasteiger charge is 2.14. The molecule has 0 spiro atoms. The van der Waals surface area contributed by atoms with Crippen LogP contribution in [-0.4, -0.2) is 37.1 Å². The van der Waals surface area contributed by atoms with E-state index in [1.54, 1.807) is 0 Å². The van der Waals surface area contributed by atoms with E-state index in [1.165, 1.54) is 0 Å². The molecule has 1 heterocycles. The minimum Gasteiger partial charge on any atom is -0.489 e. The van der Waals surface area contributed by atoms with Crippen molar-refractivity contribution >= 4 is 10.8 Å². The van der Waals surface area contributed by atoms with Gasteiger partial charge in [-0.15, -0.1) is 0 Å². The molecule has 0 saturated carbocycles. The molecule has 118 valence electrons. The maximum absolute atomic E-state index is 12.4. The zero-order valence-electron chi connectivity index (χ0n) is 13.4. The number of aromatic amines is 1. The molecular formula is C19H20N2O2. The second-order valence-electron chi connectivity index (χ2n) is 5.72. The number of hydrogen-bond acceptors (Lipinski definition) is 3. The Morgan fingerprint density at radius 3 is 2.30 bits per heavy atom. The number of benzene rings is 2. The second kappa shape index (κ2) is 6.67. The summed E-state index contributed by atoms with van der Waals surface area (Å²) in [5.74, 6) is 0.730. The van der Waals surface area contributed by atoms with Gasteiger partial charge in [0.05, 0.1) is 11.1 Å². The molecule has 0 radical (unpaired) electrons. The Kier molecular flexibility index (Phi) is 4.44. The van der Waals surface area contributed by atoms with Gasteiger partial charge in [0, 0.05) is 17.5 Å². The Labute approximate surface area is 135 Å². The van der Waals surface area contributed by atoms with Gasteiger partial charge in [-0.05, 0) is 20.2 Å². The molecule has 0 aliphatic carbocycles. The number of nitrogens with zero attached hydrogens (tertiary/aromatic N) is 1. The lowest BCUT2D eigenvalue weighted by Crippen LogP contribution is -2.20. The van der Waals surface area contributed by atoms with E-state index < -0.39 is 0 Å². The van der Waals surface area contributed by atoms with Gasteiger partial charge >= 0.3 is 0 Å². The summed E-state index contributed by atoms with van der Waals surface area (Å²) in [5.41, 5.74) is 1.57. The quantitative estimate of drug-likeness (QED) is 0.787. The van der Waals surface area contributed by atoms with Crippen LogP contribution in [0.2, 0.25) is 0 Å². The van der Waals surface area contributed by atoms with Crippen molar-refractivity contribution in [1.29, 1.82) is 0 Å². The van der Waals surface area contributed by atoms with Gasteiger partial charge in [0.25, 0.3) is 5.56 Å². The number of fused-ring (bicyclic) bond motifs is 1. The number of ether oxygens (including phenoxy) is 1. The third-order valence-corrected chi connectivity index (χ3v) is 3.73. The molecule has 0 saturated heterocycles. The standard InChI is InChI=1S/C19H20N2O2/c1-21(2)12-13-23-18-15-10-6-7-11-16(15)19(22)20-17(18)14-8-4-3-5-9-14/h3-11H,12-13H2,1-2H3,(H,20,22). The molecule has 2 aromatic carbocycles. The molecule has 0 bridgehead atoms. The third kappa shape index (κ3) is 3.27. The second-order valence-corrected chi connectivity index (χ2v) is 5.72. The Morgan fingerprint density at radius 1 is 0.957 bits per heavy atom.